The van der Waals surface area contributed by atoms with Crippen LogP contribution in [-0.2, 0) is 16.0 Å². The summed E-state index contributed by atoms with van der Waals surface area (Å²) in [6.45, 7) is 0.314. The fraction of sp³-hybridized carbons (Fsp3) is 0.429. The zero-order chi connectivity index (χ0) is 14.7. The number of carbonyl (C=O) groups is 2. The van der Waals surface area contributed by atoms with Gasteiger partial charge in [0, 0.05) is 20.0 Å². The average Bonchev–Trinajstić information content (AvgIpc) is 2.75. The third-order valence-electron chi connectivity index (χ3n) is 3.52. The molecular weight excluding hydrogens is 283 g/mol. The summed E-state index contributed by atoms with van der Waals surface area (Å²) in [6, 6.07) is 4.38. The molecule has 4 nitrogen and oxygen atoms in total. The van der Waals surface area contributed by atoms with Crippen LogP contribution in [0.25, 0.3) is 0 Å². The van der Waals surface area contributed by atoms with Crippen LogP contribution in [0.1, 0.15) is 18.4 Å². The molecule has 0 spiro atoms. The van der Waals surface area contributed by atoms with Gasteiger partial charge in [-0.05, 0) is 24.5 Å². The number of benzene rings is 1. The first-order chi connectivity index (χ1) is 9.50. The zero-order valence-electron chi connectivity index (χ0n) is 11.2. The molecule has 1 heterocycles. The van der Waals surface area contributed by atoms with Crippen molar-refractivity contribution in [2.75, 3.05) is 13.6 Å². The maximum Gasteiger partial charge on any atom is 0.242 e. The molecule has 0 aromatic heterocycles. The Morgan fingerprint density at radius 2 is 2.30 bits per heavy atom. The van der Waals surface area contributed by atoms with E-state index < -0.39 is 11.9 Å². The summed E-state index contributed by atoms with van der Waals surface area (Å²) < 4.78 is 13.6. The van der Waals surface area contributed by atoms with Gasteiger partial charge in [-0.1, -0.05) is 23.7 Å². The second-order valence-corrected chi connectivity index (χ2v) is 5.22. The molecule has 1 aliphatic heterocycles. The molecule has 20 heavy (non-hydrogen) atoms. The number of rotatable bonds is 4. The summed E-state index contributed by atoms with van der Waals surface area (Å²) in [5, 5.41) is 2.81. The van der Waals surface area contributed by atoms with Crippen LogP contribution in [0.3, 0.4) is 0 Å². The second kappa shape index (κ2) is 6.22. The fourth-order valence-corrected chi connectivity index (χ4v) is 2.48. The molecule has 0 unspecified atom stereocenters. The summed E-state index contributed by atoms with van der Waals surface area (Å²) in [7, 11) is 1.62. The molecule has 1 fully saturated rings. The van der Waals surface area contributed by atoms with E-state index in [9.17, 15) is 14.0 Å². The number of likely N-dealkylation sites (tertiary alicyclic amines) is 1. The Kier molecular flexibility index (Phi) is 4.60. The van der Waals surface area contributed by atoms with Gasteiger partial charge in [-0.25, -0.2) is 4.39 Å². The maximum atomic E-state index is 13.6. The van der Waals surface area contributed by atoms with Crippen LogP contribution in [0.4, 0.5) is 4.39 Å². The lowest BCUT2D eigenvalue weighted by atomic mass is 10.1. The van der Waals surface area contributed by atoms with E-state index in [4.69, 9.17) is 11.6 Å². The molecule has 1 aromatic rings. The number of nitrogens with zero attached hydrogens (tertiary/aromatic N) is 1. The quantitative estimate of drug-likeness (QED) is 0.921. The van der Waals surface area contributed by atoms with E-state index in [1.165, 1.54) is 11.0 Å². The van der Waals surface area contributed by atoms with Crippen LogP contribution in [-0.4, -0.2) is 36.3 Å². The highest BCUT2D eigenvalue weighted by molar-refractivity contribution is 6.30. The fourth-order valence-electron chi connectivity index (χ4n) is 2.29. The third-order valence-corrected chi connectivity index (χ3v) is 3.81. The Labute approximate surface area is 121 Å². The normalized spacial score (nSPS) is 18.4. The van der Waals surface area contributed by atoms with E-state index in [1.807, 2.05) is 0 Å². The molecule has 1 saturated heterocycles. The van der Waals surface area contributed by atoms with Gasteiger partial charge in [0.1, 0.15) is 11.9 Å². The number of hydrogen-bond acceptors (Lipinski definition) is 2. The van der Waals surface area contributed by atoms with Gasteiger partial charge in [-0.15, -0.1) is 0 Å². The first-order valence-corrected chi connectivity index (χ1v) is 6.84. The minimum absolute atomic E-state index is 0.0222. The van der Waals surface area contributed by atoms with Gasteiger partial charge in [0.05, 0.1) is 5.02 Å². The van der Waals surface area contributed by atoms with E-state index in [0.717, 1.165) is 0 Å². The zero-order valence-corrected chi connectivity index (χ0v) is 11.9. The van der Waals surface area contributed by atoms with Crippen LogP contribution >= 0.6 is 11.6 Å². The first-order valence-electron chi connectivity index (χ1n) is 6.47. The highest BCUT2D eigenvalue weighted by Gasteiger charge is 2.32. The Hall–Kier alpha value is -1.62. The number of halogens is 2. The summed E-state index contributed by atoms with van der Waals surface area (Å²) >= 11 is 5.69. The van der Waals surface area contributed by atoms with Crippen molar-refractivity contribution < 1.29 is 14.0 Å². The van der Waals surface area contributed by atoms with Gasteiger partial charge < -0.3 is 10.2 Å². The van der Waals surface area contributed by atoms with E-state index in [0.29, 0.717) is 31.4 Å². The van der Waals surface area contributed by atoms with Crippen molar-refractivity contribution in [2.45, 2.75) is 25.3 Å². The molecule has 0 saturated carbocycles. The lowest BCUT2D eigenvalue weighted by molar-refractivity contribution is -0.133. The highest BCUT2D eigenvalue weighted by Crippen LogP contribution is 2.18. The van der Waals surface area contributed by atoms with Crippen molar-refractivity contribution >= 4 is 23.4 Å². The molecule has 1 N–H and O–H groups in total. The molecular formula is C14H16ClFN2O2. The largest absolute Gasteiger partial charge is 0.354 e. The van der Waals surface area contributed by atoms with E-state index in [1.54, 1.807) is 19.2 Å². The summed E-state index contributed by atoms with van der Waals surface area (Å²) in [6.07, 6.45) is 1.30. The van der Waals surface area contributed by atoms with Crippen LogP contribution in [0.5, 0.6) is 0 Å². The Morgan fingerprint density at radius 3 is 2.95 bits per heavy atom. The lowest BCUT2D eigenvalue weighted by Crippen LogP contribution is -2.43. The Balaban J connectivity index is 1.85. The number of likely N-dealkylation sites (N-methyl/N-ethyl adjacent to an activating group) is 1. The van der Waals surface area contributed by atoms with Crippen molar-refractivity contribution in [1.82, 2.24) is 10.2 Å². The summed E-state index contributed by atoms with van der Waals surface area (Å²) in [4.78, 5) is 24.7. The smallest absolute Gasteiger partial charge is 0.242 e. The third kappa shape index (κ3) is 3.10. The predicted octanol–water partition coefficient (Wildman–Crippen LogP) is 1.76. The molecule has 1 aliphatic rings. The first kappa shape index (κ1) is 14.8. The van der Waals surface area contributed by atoms with Crippen molar-refractivity contribution in [3.8, 4) is 0 Å². The molecule has 0 bridgehead atoms. The monoisotopic (exact) mass is 298 g/mol. The topological polar surface area (TPSA) is 49.4 Å². The summed E-state index contributed by atoms with van der Waals surface area (Å²) in [5.41, 5.74) is 0.466. The molecule has 2 amide bonds. The minimum Gasteiger partial charge on any atom is -0.354 e. The molecule has 6 heteroatoms. The number of amides is 2. The van der Waals surface area contributed by atoms with Crippen LogP contribution in [0, 0.1) is 5.82 Å². The Bertz CT molecular complexity index is 536. The van der Waals surface area contributed by atoms with Crippen LogP contribution in [0.15, 0.2) is 18.2 Å². The van der Waals surface area contributed by atoms with Crippen molar-refractivity contribution in [1.29, 1.82) is 0 Å². The molecule has 0 radical (unpaired) electrons. The average molecular weight is 299 g/mol. The van der Waals surface area contributed by atoms with Gasteiger partial charge in [-0.3, -0.25) is 9.59 Å². The molecule has 2 rings (SSSR count). The van der Waals surface area contributed by atoms with Gasteiger partial charge in [0.15, 0.2) is 0 Å². The van der Waals surface area contributed by atoms with Crippen LogP contribution < -0.4 is 5.32 Å². The predicted molar refractivity (Wildman–Crippen MR) is 73.9 cm³/mol. The number of hydrogen-bond donors (Lipinski definition) is 1. The number of nitrogens with one attached hydrogen (secondary N) is 1. The van der Waals surface area contributed by atoms with E-state index in [-0.39, 0.29) is 16.8 Å². The van der Waals surface area contributed by atoms with E-state index in [2.05, 4.69) is 5.32 Å². The van der Waals surface area contributed by atoms with Gasteiger partial charge in [-0.2, -0.15) is 0 Å². The van der Waals surface area contributed by atoms with Gasteiger partial charge in [0.25, 0.3) is 0 Å². The second-order valence-electron chi connectivity index (χ2n) is 4.81. The standard InChI is InChI=1S/C14H16ClFN2O2/c1-18-11(5-6-12(18)19)14(20)17-8-7-9-3-2-4-10(15)13(9)16/h2-4,11H,5-8H2,1H3,(H,17,20)/t11-/m0/s1. The molecule has 108 valence electrons. The van der Waals surface area contributed by atoms with Crippen molar-refractivity contribution in [2.24, 2.45) is 0 Å². The molecule has 0 aliphatic carbocycles. The maximum absolute atomic E-state index is 13.6. The lowest BCUT2D eigenvalue weighted by Gasteiger charge is -2.19. The molecule has 1 aromatic carbocycles. The minimum atomic E-state index is -0.448. The van der Waals surface area contributed by atoms with Gasteiger partial charge in [0.2, 0.25) is 11.8 Å². The molecule has 1 atom stereocenters. The Morgan fingerprint density at radius 1 is 1.55 bits per heavy atom. The number of carbonyl (C=O) groups excluding carboxylic acids is 2. The summed E-state index contributed by atoms with van der Waals surface area (Å²) in [5.74, 6) is -0.664. The van der Waals surface area contributed by atoms with E-state index >= 15 is 0 Å². The van der Waals surface area contributed by atoms with Crippen molar-refractivity contribution in [3.05, 3.63) is 34.6 Å². The van der Waals surface area contributed by atoms with Crippen LogP contribution in [0.2, 0.25) is 5.02 Å². The SMILES string of the molecule is CN1C(=O)CC[C@H]1C(=O)NCCc1cccc(Cl)c1F. The van der Waals surface area contributed by atoms with Crippen molar-refractivity contribution in [3.63, 3.8) is 0 Å². The van der Waals surface area contributed by atoms with Gasteiger partial charge >= 0.3 is 0 Å². The highest BCUT2D eigenvalue weighted by atomic mass is 35.5.